The van der Waals surface area contributed by atoms with Crippen molar-refractivity contribution in [3.05, 3.63) is 76.8 Å². The molecule has 0 bridgehead atoms. The van der Waals surface area contributed by atoms with E-state index in [4.69, 9.17) is 15.2 Å². The molecule has 2 heterocycles. The van der Waals surface area contributed by atoms with Gasteiger partial charge in [-0.3, -0.25) is 14.5 Å². The zero-order valence-electron chi connectivity index (χ0n) is 23.6. The molecule has 1 atom stereocenters. The van der Waals surface area contributed by atoms with Gasteiger partial charge < -0.3 is 20.5 Å². The topological polar surface area (TPSA) is 143 Å². The second kappa shape index (κ2) is 11.9. The van der Waals surface area contributed by atoms with Crippen molar-refractivity contribution < 1.29 is 19.1 Å². The van der Waals surface area contributed by atoms with Gasteiger partial charge in [0.1, 0.15) is 17.3 Å². The van der Waals surface area contributed by atoms with Crippen LogP contribution in [0.1, 0.15) is 38.2 Å². The quantitative estimate of drug-likeness (QED) is 0.329. The van der Waals surface area contributed by atoms with Crippen molar-refractivity contribution in [2.24, 2.45) is 11.1 Å². The van der Waals surface area contributed by atoms with Gasteiger partial charge in [0.05, 0.1) is 37.5 Å². The number of benzene rings is 2. The largest absolute Gasteiger partial charge is 0.497 e. The fraction of sp³-hybridized carbons (Fsp3) is 0.300. The van der Waals surface area contributed by atoms with E-state index < -0.39 is 5.92 Å². The van der Waals surface area contributed by atoms with Gasteiger partial charge in [0, 0.05) is 28.9 Å². The second-order valence-corrected chi connectivity index (χ2v) is 12.8. The van der Waals surface area contributed by atoms with E-state index >= 15 is 0 Å². The number of para-hydroxylation sites is 1. The maximum atomic E-state index is 13.8. The molecular formula is C30H30N6O4S2. The third-order valence-electron chi connectivity index (χ3n) is 7.12. The molecule has 3 aromatic rings. The number of amides is 1. The zero-order valence-corrected chi connectivity index (χ0v) is 25.3. The van der Waals surface area contributed by atoms with Crippen LogP contribution < -0.4 is 25.4 Å². The third-order valence-corrected chi connectivity index (χ3v) is 9.16. The maximum Gasteiger partial charge on any atom is 0.234 e. The van der Waals surface area contributed by atoms with Gasteiger partial charge in [0.25, 0.3) is 0 Å². The second-order valence-electron chi connectivity index (χ2n) is 10.6. The number of rotatable bonds is 8. The number of methoxy groups -OCH3 is 2. The minimum absolute atomic E-state index is 0.0447. The van der Waals surface area contributed by atoms with E-state index in [-0.39, 0.29) is 34.3 Å². The van der Waals surface area contributed by atoms with Crippen LogP contribution in [-0.4, -0.2) is 41.9 Å². The van der Waals surface area contributed by atoms with Crippen LogP contribution in [0.15, 0.2) is 75.5 Å². The van der Waals surface area contributed by atoms with E-state index in [1.165, 1.54) is 23.1 Å². The lowest BCUT2D eigenvalue weighted by Crippen LogP contribution is -2.42. The van der Waals surface area contributed by atoms with Gasteiger partial charge in [-0.2, -0.15) is 5.26 Å². The molecule has 2 aliphatic rings. The molecule has 216 valence electrons. The van der Waals surface area contributed by atoms with Crippen molar-refractivity contribution in [3.8, 4) is 17.6 Å². The Morgan fingerprint density at radius 3 is 2.60 bits per heavy atom. The Morgan fingerprint density at radius 2 is 1.90 bits per heavy atom. The minimum Gasteiger partial charge on any atom is -0.497 e. The monoisotopic (exact) mass is 602 g/mol. The molecule has 0 spiro atoms. The Balaban J connectivity index is 1.46. The molecule has 1 aliphatic heterocycles. The molecule has 3 N–H and O–H groups in total. The fourth-order valence-corrected chi connectivity index (χ4v) is 6.97. The molecule has 1 amide bonds. The first-order chi connectivity index (χ1) is 20.2. The molecule has 1 aliphatic carbocycles. The number of thioether (sulfide) groups is 1. The highest BCUT2D eigenvalue weighted by molar-refractivity contribution is 8.01. The molecule has 42 heavy (non-hydrogen) atoms. The molecule has 2 aromatic carbocycles. The minimum atomic E-state index is -0.663. The summed E-state index contributed by atoms with van der Waals surface area (Å²) in [5, 5.41) is 22.2. The summed E-state index contributed by atoms with van der Waals surface area (Å²) < 4.78 is 11.3. The molecular weight excluding hydrogens is 573 g/mol. The highest BCUT2D eigenvalue weighted by atomic mass is 32.2. The lowest BCUT2D eigenvalue weighted by atomic mass is 9.68. The molecule has 0 fully saturated rings. The third kappa shape index (κ3) is 5.70. The van der Waals surface area contributed by atoms with Crippen LogP contribution in [0.5, 0.6) is 11.5 Å². The number of Topliss-reactive ketones (excluding diaryl/α,β-unsaturated/α-hetero) is 1. The first-order valence-corrected chi connectivity index (χ1v) is 14.9. The Kier molecular flexibility index (Phi) is 8.24. The number of ketones is 1. The molecule has 0 radical (unpaired) electrons. The summed E-state index contributed by atoms with van der Waals surface area (Å²) in [6.07, 6.45) is 0.885. The van der Waals surface area contributed by atoms with Gasteiger partial charge in [0.2, 0.25) is 11.0 Å². The van der Waals surface area contributed by atoms with Crippen molar-refractivity contribution in [1.29, 1.82) is 5.26 Å². The van der Waals surface area contributed by atoms with Gasteiger partial charge in [0.15, 0.2) is 10.1 Å². The molecule has 0 saturated heterocycles. The van der Waals surface area contributed by atoms with Gasteiger partial charge in [-0.05, 0) is 42.2 Å². The summed E-state index contributed by atoms with van der Waals surface area (Å²) in [4.78, 5) is 28.0. The highest BCUT2D eigenvalue weighted by Gasteiger charge is 2.46. The lowest BCUT2D eigenvalue weighted by molar-refractivity contribution is -0.118. The van der Waals surface area contributed by atoms with Crippen LogP contribution in [0.3, 0.4) is 0 Å². The number of allylic oxidation sites excluding steroid dienone is 3. The van der Waals surface area contributed by atoms with E-state index in [0.717, 1.165) is 0 Å². The van der Waals surface area contributed by atoms with E-state index in [1.807, 2.05) is 38.1 Å². The number of anilines is 2. The average molecular weight is 603 g/mol. The van der Waals surface area contributed by atoms with Gasteiger partial charge in [-0.1, -0.05) is 55.1 Å². The normalized spacial score (nSPS) is 17.9. The molecule has 1 unspecified atom stereocenters. The molecule has 12 heteroatoms. The van der Waals surface area contributed by atoms with Crippen LogP contribution in [0, 0.1) is 16.7 Å². The number of nitrogens with one attached hydrogen (secondary N) is 1. The number of carbonyl (C=O) groups is 2. The highest BCUT2D eigenvalue weighted by Crippen LogP contribution is 2.52. The molecule has 1 aromatic heterocycles. The smallest absolute Gasteiger partial charge is 0.234 e. The van der Waals surface area contributed by atoms with Crippen LogP contribution >= 0.6 is 23.1 Å². The summed E-state index contributed by atoms with van der Waals surface area (Å²) >= 11 is 2.49. The van der Waals surface area contributed by atoms with Crippen LogP contribution in [0.2, 0.25) is 0 Å². The number of ether oxygens (including phenoxy) is 2. The number of hydrogen-bond acceptors (Lipinski definition) is 11. The standard InChI is InChI=1S/C30H30N6O4S2/c1-30(2)13-21-26(22(37)14-30)25(19-7-5-6-8-23(19)40-4)20(15-31)27(32)36(21)28-34-35-29(42-28)41-16-24(38)33-17-9-11-18(39-3)12-10-17/h5-12,25H,13-14,16,32H2,1-4H3,(H,33,38). The van der Waals surface area contributed by atoms with Crippen molar-refractivity contribution in [2.45, 2.75) is 36.9 Å². The van der Waals surface area contributed by atoms with Crippen molar-refractivity contribution >= 4 is 45.6 Å². The predicted molar refractivity (Wildman–Crippen MR) is 162 cm³/mol. The number of nitrogens with zero attached hydrogens (tertiary/aromatic N) is 4. The van der Waals surface area contributed by atoms with Crippen molar-refractivity contribution in [3.63, 3.8) is 0 Å². The number of nitriles is 1. The van der Waals surface area contributed by atoms with Crippen LogP contribution in [0.25, 0.3) is 0 Å². The van der Waals surface area contributed by atoms with E-state index in [1.54, 1.807) is 43.4 Å². The zero-order chi connectivity index (χ0) is 30.0. The number of nitrogens with two attached hydrogens (primary N) is 1. The SMILES string of the molecule is COc1ccc(NC(=O)CSc2nnc(N3C(N)=C(C#N)C(c4ccccc4OC)C4=C3CC(C)(C)CC4=O)s2)cc1. The van der Waals surface area contributed by atoms with Crippen LogP contribution in [0.4, 0.5) is 10.8 Å². The lowest BCUT2D eigenvalue weighted by Gasteiger charge is -2.42. The average Bonchev–Trinajstić information content (AvgIpc) is 3.43. The summed E-state index contributed by atoms with van der Waals surface area (Å²) in [6, 6.07) is 16.7. The summed E-state index contributed by atoms with van der Waals surface area (Å²) in [6.45, 7) is 4.07. The first kappa shape index (κ1) is 29.2. The Bertz CT molecular complexity index is 1640. The summed E-state index contributed by atoms with van der Waals surface area (Å²) in [5.74, 6) is 0.678. The molecule has 5 rings (SSSR count). The van der Waals surface area contributed by atoms with E-state index in [2.05, 4.69) is 21.6 Å². The van der Waals surface area contributed by atoms with Gasteiger partial charge in [-0.25, -0.2) is 0 Å². The van der Waals surface area contributed by atoms with E-state index in [9.17, 15) is 14.9 Å². The Labute approximate surface area is 252 Å². The number of carbonyl (C=O) groups excluding carboxylic acids is 2. The van der Waals surface area contributed by atoms with Crippen LogP contribution in [-0.2, 0) is 9.59 Å². The number of hydrogen-bond donors (Lipinski definition) is 2. The van der Waals surface area contributed by atoms with Crippen molar-refractivity contribution in [2.75, 3.05) is 30.2 Å². The molecule has 10 nitrogen and oxygen atoms in total. The van der Waals surface area contributed by atoms with Gasteiger partial charge in [-0.15, -0.1) is 10.2 Å². The predicted octanol–water partition coefficient (Wildman–Crippen LogP) is 5.23. The number of aromatic nitrogens is 2. The summed E-state index contributed by atoms with van der Waals surface area (Å²) in [5.41, 5.74) is 9.22. The molecule has 0 saturated carbocycles. The summed E-state index contributed by atoms with van der Waals surface area (Å²) in [7, 11) is 3.14. The fourth-order valence-electron chi connectivity index (χ4n) is 5.29. The maximum absolute atomic E-state index is 13.8. The van der Waals surface area contributed by atoms with Gasteiger partial charge >= 0.3 is 0 Å². The first-order valence-electron chi connectivity index (χ1n) is 13.1. The Hall–Kier alpha value is -4.34. The van der Waals surface area contributed by atoms with E-state index in [0.29, 0.717) is 56.3 Å². The van der Waals surface area contributed by atoms with Crippen molar-refractivity contribution in [1.82, 2.24) is 10.2 Å². The Morgan fingerprint density at radius 1 is 1.17 bits per heavy atom.